The summed E-state index contributed by atoms with van der Waals surface area (Å²) in [6.45, 7) is 0.931. The van der Waals surface area contributed by atoms with Crippen LogP contribution in [0.25, 0.3) is 0 Å². The molecule has 0 radical (unpaired) electrons. The lowest BCUT2D eigenvalue weighted by Gasteiger charge is -2.13. The minimum absolute atomic E-state index is 0.155. The van der Waals surface area contributed by atoms with Crippen molar-refractivity contribution in [2.45, 2.75) is 5.92 Å². The first-order chi connectivity index (χ1) is 6.27. The average Bonchev–Trinajstić information content (AvgIpc) is 2.16. The Morgan fingerprint density at radius 1 is 1.38 bits per heavy atom. The maximum Gasteiger partial charge on any atom is 0.0511 e. The highest BCUT2D eigenvalue weighted by molar-refractivity contribution is 6.30. The molecule has 2 nitrogen and oxygen atoms in total. The first-order valence-electron chi connectivity index (χ1n) is 4.29. The van der Waals surface area contributed by atoms with Crippen LogP contribution in [0.5, 0.6) is 0 Å². The summed E-state index contributed by atoms with van der Waals surface area (Å²) >= 11 is 5.76. The summed E-state index contributed by atoms with van der Waals surface area (Å²) in [5.41, 5.74) is 1.11. The number of rotatable bonds is 4. The van der Waals surface area contributed by atoms with Gasteiger partial charge < -0.3 is 10.4 Å². The molecule has 0 saturated carbocycles. The first kappa shape index (κ1) is 10.5. The first-order valence-corrected chi connectivity index (χ1v) is 4.66. The van der Waals surface area contributed by atoms with Gasteiger partial charge in [0.25, 0.3) is 0 Å². The molecular weight excluding hydrogens is 186 g/mol. The summed E-state index contributed by atoms with van der Waals surface area (Å²) in [4.78, 5) is 0. The lowest BCUT2D eigenvalue weighted by molar-refractivity contribution is 0.263. The van der Waals surface area contributed by atoms with Crippen LogP contribution >= 0.6 is 11.6 Å². The maximum absolute atomic E-state index is 9.11. The molecule has 0 aliphatic rings. The number of aliphatic hydroxyl groups is 1. The van der Waals surface area contributed by atoms with E-state index in [4.69, 9.17) is 16.7 Å². The summed E-state index contributed by atoms with van der Waals surface area (Å²) in [6, 6.07) is 7.57. The summed E-state index contributed by atoms with van der Waals surface area (Å²) in [5, 5.41) is 12.9. The standard InChI is InChI=1S/C10H14ClNO/c1-12-6-9(7-13)8-2-4-10(11)5-3-8/h2-5,9,12-13H,6-7H2,1H3. The smallest absolute Gasteiger partial charge is 0.0511 e. The van der Waals surface area contributed by atoms with Crippen LogP contribution in [0.2, 0.25) is 5.02 Å². The van der Waals surface area contributed by atoms with Crippen LogP contribution in [0.1, 0.15) is 11.5 Å². The van der Waals surface area contributed by atoms with Gasteiger partial charge in [-0.3, -0.25) is 0 Å². The predicted octanol–water partition coefficient (Wildman–Crippen LogP) is 1.64. The van der Waals surface area contributed by atoms with Gasteiger partial charge in [0.2, 0.25) is 0 Å². The molecule has 0 aliphatic carbocycles. The quantitative estimate of drug-likeness (QED) is 0.773. The van der Waals surface area contributed by atoms with Crippen molar-refractivity contribution in [3.63, 3.8) is 0 Å². The molecule has 3 heteroatoms. The Balaban J connectivity index is 2.73. The zero-order chi connectivity index (χ0) is 9.68. The Hall–Kier alpha value is -0.570. The monoisotopic (exact) mass is 199 g/mol. The van der Waals surface area contributed by atoms with Crippen molar-refractivity contribution in [3.8, 4) is 0 Å². The third-order valence-electron chi connectivity index (χ3n) is 2.01. The summed E-state index contributed by atoms with van der Waals surface area (Å²) in [7, 11) is 1.87. The molecule has 1 aromatic rings. The topological polar surface area (TPSA) is 32.3 Å². The van der Waals surface area contributed by atoms with Crippen molar-refractivity contribution in [1.29, 1.82) is 0 Å². The number of aliphatic hydroxyl groups excluding tert-OH is 1. The molecule has 0 bridgehead atoms. The Morgan fingerprint density at radius 3 is 2.46 bits per heavy atom. The molecular formula is C10H14ClNO. The van der Waals surface area contributed by atoms with Gasteiger partial charge in [0, 0.05) is 17.5 Å². The highest BCUT2D eigenvalue weighted by atomic mass is 35.5. The van der Waals surface area contributed by atoms with E-state index in [-0.39, 0.29) is 12.5 Å². The van der Waals surface area contributed by atoms with Gasteiger partial charge in [-0.2, -0.15) is 0 Å². The highest BCUT2D eigenvalue weighted by Crippen LogP contribution is 2.17. The van der Waals surface area contributed by atoms with E-state index in [0.29, 0.717) is 0 Å². The molecule has 1 unspecified atom stereocenters. The SMILES string of the molecule is CNCC(CO)c1ccc(Cl)cc1. The largest absolute Gasteiger partial charge is 0.396 e. The van der Waals surface area contributed by atoms with Gasteiger partial charge in [-0.25, -0.2) is 0 Å². The molecule has 0 aromatic heterocycles. The number of benzene rings is 1. The number of nitrogens with one attached hydrogen (secondary N) is 1. The molecule has 1 atom stereocenters. The molecule has 0 spiro atoms. The van der Waals surface area contributed by atoms with E-state index < -0.39 is 0 Å². The van der Waals surface area contributed by atoms with Crippen molar-refractivity contribution in [1.82, 2.24) is 5.32 Å². The number of hydrogen-bond donors (Lipinski definition) is 2. The Kier molecular flexibility index (Phi) is 4.22. The van der Waals surface area contributed by atoms with Crippen LogP contribution in [-0.2, 0) is 0 Å². The van der Waals surface area contributed by atoms with Crippen LogP contribution in [0.3, 0.4) is 0 Å². The number of likely N-dealkylation sites (N-methyl/N-ethyl adjacent to an activating group) is 1. The zero-order valence-electron chi connectivity index (χ0n) is 7.63. The lowest BCUT2D eigenvalue weighted by atomic mass is 10.0. The van der Waals surface area contributed by atoms with E-state index >= 15 is 0 Å². The molecule has 1 rings (SSSR count). The van der Waals surface area contributed by atoms with Crippen LogP contribution in [0.4, 0.5) is 0 Å². The van der Waals surface area contributed by atoms with Gasteiger partial charge in [0.15, 0.2) is 0 Å². The second-order valence-electron chi connectivity index (χ2n) is 2.99. The second-order valence-corrected chi connectivity index (χ2v) is 3.43. The molecule has 0 fully saturated rings. The van der Waals surface area contributed by atoms with Crippen LogP contribution in [-0.4, -0.2) is 25.3 Å². The molecule has 0 aliphatic heterocycles. The van der Waals surface area contributed by atoms with Gasteiger partial charge in [-0.1, -0.05) is 23.7 Å². The van der Waals surface area contributed by atoms with Crippen molar-refractivity contribution in [2.24, 2.45) is 0 Å². The summed E-state index contributed by atoms with van der Waals surface area (Å²) in [6.07, 6.45) is 0. The van der Waals surface area contributed by atoms with Crippen LogP contribution in [0, 0.1) is 0 Å². The molecule has 2 N–H and O–H groups in total. The van der Waals surface area contributed by atoms with Crippen LogP contribution in [0.15, 0.2) is 24.3 Å². The van der Waals surface area contributed by atoms with Crippen LogP contribution < -0.4 is 5.32 Å². The molecule has 0 saturated heterocycles. The lowest BCUT2D eigenvalue weighted by Crippen LogP contribution is -2.19. The van der Waals surface area contributed by atoms with Gasteiger partial charge in [-0.05, 0) is 24.7 Å². The highest BCUT2D eigenvalue weighted by Gasteiger charge is 2.08. The molecule has 72 valence electrons. The minimum atomic E-state index is 0.155. The van der Waals surface area contributed by atoms with E-state index in [2.05, 4.69) is 5.32 Å². The maximum atomic E-state index is 9.11. The molecule has 0 heterocycles. The molecule has 1 aromatic carbocycles. The summed E-state index contributed by atoms with van der Waals surface area (Å²) < 4.78 is 0. The van der Waals surface area contributed by atoms with Gasteiger partial charge in [0.1, 0.15) is 0 Å². The predicted molar refractivity (Wildman–Crippen MR) is 55.2 cm³/mol. The Morgan fingerprint density at radius 2 is 2.00 bits per heavy atom. The molecule has 0 amide bonds. The number of halogens is 1. The average molecular weight is 200 g/mol. The van der Waals surface area contributed by atoms with E-state index in [9.17, 15) is 0 Å². The zero-order valence-corrected chi connectivity index (χ0v) is 8.38. The van der Waals surface area contributed by atoms with Crippen molar-refractivity contribution in [2.75, 3.05) is 20.2 Å². The third-order valence-corrected chi connectivity index (χ3v) is 2.26. The summed E-state index contributed by atoms with van der Waals surface area (Å²) in [5.74, 6) is 0.155. The fourth-order valence-corrected chi connectivity index (χ4v) is 1.40. The molecule has 13 heavy (non-hydrogen) atoms. The second kappa shape index (κ2) is 5.22. The van der Waals surface area contributed by atoms with E-state index in [1.165, 1.54) is 0 Å². The van der Waals surface area contributed by atoms with E-state index in [1.807, 2.05) is 31.3 Å². The fraction of sp³-hybridized carbons (Fsp3) is 0.400. The van der Waals surface area contributed by atoms with Gasteiger partial charge in [-0.15, -0.1) is 0 Å². The van der Waals surface area contributed by atoms with Crippen molar-refractivity contribution < 1.29 is 5.11 Å². The normalized spacial score (nSPS) is 12.8. The van der Waals surface area contributed by atoms with E-state index in [1.54, 1.807) is 0 Å². The van der Waals surface area contributed by atoms with Crippen molar-refractivity contribution >= 4 is 11.6 Å². The van der Waals surface area contributed by atoms with E-state index in [0.717, 1.165) is 17.1 Å². The third kappa shape index (κ3) is 2.99. The van der Waals surface area contributed by atoms with Crippen molar-refractivity contribution in [3.05, 3.63) is 34.9 Å². The Bertz CT molecular complexity index is 248. The number of hydrogen-bond acceptors (Lipinski definition) is 2. The Labute approximate surface area is 83.5 Å². The minimum Gasteiger partial charge on any atom is -0.396 e. The van der Waals surface area contributed by atoms with Gasteiger partial charge >= 0.3 is 0 Å². The fourth-order valence-electron chi connectivity index (χ4n) is 1.27. The van der Waals surface area contributed by atoms with Gasteiger partial charge in [0.05, 0.1) is 6.61 Å².